The Morgan fingerprint density at radius 1 is 0.435 bits per heavy atom. The quantitative estimate of drug-likeness (QED) is 0.0321. The van der Waals surface area contributed by atoms with Crippen LogP contribution in [-0.4, -0.2) is 47.4 Å². The van der Waals surface area contributed by atoms with Gasteiger partial charge in [0, 0.05) is 12.8 Å². The van der Waals surface area contributed by atoms with Crippen LogP contribution in [-0.2, 0) is 14.3 Å². The summed E-state index contributed by atoms with van der Waals surface area (Å²) in [7, 11) is 0. The average Bonchev–Trinajstić information content (AvgIpc) is 3.27. The highest BCUT2D eigenvalue weighted by molar-refractivity contribution is 5.76. The maximum Gasteiger partial charge on any atom is 0.305 e. The average molecular weight is 872 g/mol. The van der Waals surface area contributed by atoms with Crippen molar-refractivity contribution in [3.8, 4) is 0 Å². The summed E-state index contributed by atoms with van der Waals surface area (Å²) in [5, 5.41) is 23.1. The third-order valence-corrected chi connectivity index (χ3v) is 12.4. The highest BCUT2D eigenvalue weighted by Crippen LogP contribution is 2.16. The molecule has 2 atom stereocenters. The minimum absolute atomic E-state index is 0.0338. The molecule has 0 fully saturated rings. The lowest BCUT2D eigenvalue weighted by Gasteiger charge is -2.20. The number of carbonyl (C=O) groups excluding carboxylic acids is 2. The van der Waals surface area contributed by atoms with Crippen molar-refractivity contribution >= 4 is 11.9 Å². The van der Waals surface area contributed by atoms with Gasteiger partial charge < -0.3 is 20.3 Å². The molecule has 62 heavy (non-hydrogen) atoms. The van der Waals surface area contributed by atoms with Crippen molar-refractivity contribution in [3.05, 3.63) is 36.5 Å². The second-order valence-electron chi connectivity index (χ2n) is 18.5. The molecule has 0 radical (unpaired) electrons. The van der Waals surface area contributed by atoms with Gasteiger partial charge in [0.25, 0.3) is 0 Å². The number of aliphatic hydroxyl groups is 2. The van der Waals surface area contributed by atoms with Gasteiger partial charge in [0.15, 0.2) is 0 Å². The Morgan fingerprint density at radius 3 is 1.16 bits per heavy atom. The Labute approximate surface area is 385 Å². The zero-order valence-corrected chi connectivity index (χ0v) is 41.4. The summed E-state index contributed by atoms with van der Waals surface area (Å²) < 4.78 is 5.43. The van der Waals surface area contributed by atoms with E-state index >= 15 is 0 Å². The molecule has 364 valence electrons. The van der Waals surface area contributed by atoms with Gasteiger partial charge in [-0.15, -0.1) is 0 Å². The van der Waals surface area contributed by atoms with Crippen LogP contribution in [0.15, 0.2) is 36.5 Å². The number of allylic oxidation sites excluding steroid dienone is 5. The van der Waals surface area contributed by atoms with Gasteiger partial charge in [-0.25, -0.2) is 0 Å². The third-order valence-electron chi connectivity index (χ3n) is 12.4. The first-order chi connectivity index (χ1) is 30.5. The van der Waals surface area contributed by atoms with Crippen LogP contribution in [0.5, 0.6) is 0 Å². The van der Waals surface area contributed by atoms with Crippen molar-refractivity contribution < 1.29 is 24.5 Å². The topological polar surface area (TPSA) is 95.9 Å². The summed E-state index contributed by atoms with van der Waals surface area (Å²) in [6, 6.07) is -0.648. The molecule has 0 aromatic rings. The smallest absolute Gasteiger partial charge is 0.305 e. The molecule has 0 aliphatic rings. The van der Waals surface area contributed by atoms with Crippen molar-refractivity contribution in [1.29, 1.82) is 0 Å². The first-order valence-electron chi connectivity index (χ1n) is 27.3. The Morgan fingerprint density at radius 2 is 0.758 bits per heavy atom. The molecule has 1 amide bonds. The number of unbranched alkanes of at least 4 members (excludes halogenated alkanes) is 35. The van der Waals surface area contributed by atoms with Crippen LogP contribution in [0.25, 0.3) is 0 Å². The lowest BCUT2D eigenvalue weighted by molar-refractivity contribution is -0.143. The lowest BCUT2D eigenvalue weighted by atomic mass is 10.0. The van der Waals surface area contributed by atoms with Crippen LogP contribution < -0.4 is 5.32 Å². The van der Waals surface area contributed by atoms with Crippen molar-refractivity contribution in [2.24, 2.45) is 0 Å². The van der Waals surface area contributed by atoms with Crippen molar-refractivity contribution in [2.45, 2.75) is 296 Å². The molecule has 0 bridgehead atoms. The molecule has 0 aromatic carbocycles. The van der Waals surface area contributed by atoms with E-state index in [9.17, 15) is 19.8 Å². The van der Waals surface area contributed by atoms with Gasteiger partial charge in [0.2, 0.25) is 5.91 Å². The summed E-state index contributed by atoms with van der Waals surface area (Å²) in [4.78, 5) is 24.5. The number of carbonyl (C=O) groups is 2. The van der Waals surface area contributed by atoms with E-state index < -0.39 is 12.1 Å². The predicted molar refractivity (Wildman–Crippen MR) is 269 cm³/mol. The Hall–Kier alpha value is -1.92. The van der Waals surface area contributed by atoms with Gasteiger partial charge in [-0.1, -0.05) is 217 Å². The van der Waals surface area contributed by atoms with E-state index in [2.05, 4.69) is 43.5 Å². The number of hydrogen-bond acceptors (Lipinski definition) is 5. The molecule has 0 saturated heterocycles. The Kier molecular flexibility index (Phi) is 50.1. The summed E-state index contributed by atoms with van der Waals surface area (Å²) >= 11 is 0. The zero-order valence-electron chi connectivity index (χ0n) is 41.4. The fourth-order valence-electron chi connectivity index (χ4n) is 8.15. The van der Waals surface area contributed by atoms with Crippen LogP contribution in [0.2, 0.25) is 0 Å². The second-order valence-corrected chi connectivity index (χ2v) is 18.5. The van der Waals surface area contributed by atoms with Gasteiger partial charge in [-0.05, 0) is 89.9 Å². The van der Waals surface area contributed by atoms with E-state index in [1.54, 1.807) is 6.08 Å². The van der Waals surface area contributed by atoms with Crippen LogP contribution in [0.4, 0.5) is 0 Å². The predicted octanol–water partition coefficient (Wildman–Crippen LogP) is 16.5. The molecular weight excluding hydrogens is 767 g/mol. The number of rotatable bonds is 50. The highest BCUT2D eigenvalue weighted by atomic mass is 16.5. The molecule has 0 rings (SSSR count). The third kappa shape index (κ3) is 47.6. The maximum atomic E-state index is 12.5. The molecule has 0 saturated carbocycles. The van der Waals surface area contributed by atoms with Gasteiger partial charge in [-0.2, -0.15) is 0 Å². The van der Waals surface area contributed by atoms with E-state index in [4.69, 9.17) is 4.74 Å². The van der Waals surface area contributed by atoms with Crippen molar-refractivity contribution in [3.63, 3.8) is 0 Å². The number of ether oxygens (including phenoxy) is 1. The monoisotopic (exact) mass is 872 g/mol. The number of esters is 1. The SMILES string of the molecule is CCCCCC/C=C\CCCCCCCC(=O)OCCCCC/C=C\CCCCCCCC(=O)NC(CO)C(O)/C=C/CCCCCCCCCCCCCCCCCCCC. The van der Waals surface area contributed by atoms with Gasteiger partial charge in [0.05, 0.1) is 25.4 Å². The molecule has 0 spiro atoms. The summed E-state index contributed by atoms with van der Waals surface area (Å²) in [5.41, 5.74) is 0. The highest BCUT2D eigenvalue weighted by Gasteiger charge is 2.18. The second kappa shape index (κ2) is 51.7. The number of aliphatic hydroxyl groups excluding tert-OH is 2. The van der Waals surface area contributed by atoms with Gasteiger partial charge >= 0.3 is 5.97 Å². The molecule has 0 aromatic heterocycles. The molecule has 0 heterocycles. The molecule has 3 N–H and O–H groups in total. The molecule has 0 aliphatic carbocycles. The summed E-state index contributed by atoms with van der Waals surface area (Å²) in [6.45, 7) is 4.83. The van der Waals surface area contributed by atoms with Crippen molar-refractivity contribution in [2.75, 3.05) is 13.2 Å². The molecule has 6 heteroatoms. The minimum atomic E-state index is -0.862. The Balaban J connectivity index is 3.55. The fourth-order valence-corrected chi connectivity index (χ4v) is 8.15. The molecule has 2 unspecified atom stereocenters. The minimum Gasteiger partial charge on any atom is -0.466 e. The molecule has 6 nitrogen and oxygen atoms in total. The Bertz CT molecular complexity index is 1010. The zero-order chi connectivity index (χ0) is 45.1. The van der Waals surface area contributed by atoms with Gasteiger partial charge in [0.1, 0.15) is 0 Å². The summed E-state index contributed by atoms with van der Waals surface area (Å²) in [5.74, 6) is -0.127. The van der Waals surface area contributed by atoms with E-state index in [1.807, 2.05) is 6.08 Å². The van der Waals surface area contributed by atoms with E-state index in [0.29, 0.717) is 19.4 Å². The normalized spacial score (nSPS) is 12.9. The fraction of sp³-hybridized carbons (Fsp3) is 0.857. The van der Waals surface area contributed by atoms with Crippen LogP contribution in [0.1, 0.15) is 284 Å². The van der Waals surface area contributed by atoms with E-state index in [-0.39, 0.29) is 18.5 Å². The molecular formula is C56H105NO5. The standard InChI is InChI=1S/C56H105NO5/c1-3-5-7-9-11-13-15-17-18-19-20-21-22-23-25-28-32-36-40-44-48-54(59)53(52-58)57-55(60)49-45-41-37-33-29-26-27-31-35-39-43-47-51-62-56(61)50-46-42-38-34-30-24-16-14-12-10-8-6-4-2/h14,16,27,31,44,48,53-54,58-59H,3-13,15,17-26,28-30,32-43,45-47,49-52H2,1-2H3,(H,57,60)/b16-14-,31-27-,48-44+. The number of amides is 1. The first kappa shape index (κ1) is 60.1. The maximum absolute atomic E-state index is 12.5. The largest absolute Gasteiger partial charge is 0.466 e. The van der Waals surface area contributed by atoms with Crippen LogP contribution in [0.3, 0.4) is 0 Å². The number of hydrogen-bond donors (Lipinski definition) is 3. The lowest BCUT2D eigenvalue weighted by Crippen LogP contribution is -2.45. The van der Waals surface area contributed by atoms with Crippen LogP contribution in [0, 0.1) is 0 Å². The number of nitrogens with one attached hydrogen (secondary N) is 1. The summed E-state index contributed by atoms with van der Waals surface area (Å²) in [6.07, 6.45) is 62.9. The van der Waals surface area contributed by atoms with E-state index in [1.165, 1.54) is 173 Å². The first-order valence-corrected chi connectivity index (χ1v) is 27.3. The van der Waals surface area contributed by atoms with Crippen LogP contribution >= 0.6 is 0 Å². The molecule has 0 aliphatic heterocycles. The van der Waals surface area contributed by atoms with E-state index in [0.717, 1.165) is 83.5 Å². The van der Waals surface area contributed by atoms with Gasteiger partial charge in [-0.3, -0.25) is 9.59 Å². The van der Waals surface area contributed by atoms with Crippen molar-refractivity contribution in [1.82, 2.24) is 5.32 Å².